The van der Waals surface area contributed by atoms with Crippen LogP contribution in [0.5, 0.6) is 0 Å². The lowest BCUT2D eigenvalue weighted by atomic mass is 10.0. The highest BCUT2D eigenvalue weighted by Crippen LogP contribution is 2.08. The number of aryl methyl sites for hydroxylation is 2. The summed E-state index contributed by atoms with van der Waals surface area (Å²) in [5.41, 5.74) is 0.847. The maximum Gasteiger partial charge on any atom is 0.326 e. The standard InChI is InChI=1S/C13H19N3O3/c1-7(2)5-11(13(18)19)16-12(17)10-6-14-9(4)15-8(10)3/h6-7,11H,5H2,1-4H3,(H,16,17)(H,18,19)/t11-/m0/s1. The Labute approximate surface area is 112 Å². The molecule has 1 aromatic rings. The molecule has 104 valence electrons. The van der Waals surface area contributed by atoms with Gasteiger partial charge < -0.3 is 10.4 Å². The maximum absolute atomic E-state index is 12.0. The van der Waals surface area contributed by atoms with Gasteiger partial charge in [0.1, 0.15) is 11.9 Å². The molecule has 6 nitrogen and oxygen atoms in total. The van der Waals surface area contributed by atoms with Crippen LogP contribution < -0.4 is 5.32 Å². The van der Waals surface area contributed by atoms with Crippen molar-refractivity contribution in [3.8, 4) is 0 Å². The zero-order valence-electron chi connectivity index (χ0n) is 11.6. The van der Waals surface area contributed by atoms with Gasteiger partial charge in [-0.1, -0.05) is 13.8 Å². The molecular formula is C13H19N3O3. The van der Waals surface area contributed by atoms with Crippen LogP contribution in [0.2, 0.25) is 0 Å². The highest BCUT2D eigenvalue weighted by atomic mass is 16.4. The average molecular weight is 265 g/mol. The van der Waals surface area contributed by atoms with Crippen LogP contribution in [0.1, 0.15) is 42.1 Å². The molecule has 0 bridgehead atoms. The second-order valence-corrected chi connectivity index (χ2v) is 4.91. The number of nitrogens with zero attached hydrogens (tertiary/aromatic N) is 2. The molecule has 0 aliphatic rings. The van der Waals surface area contributed by atoms with E-state index in [-0.39, 0.29) is 5.92 Å². The SMILES string of the molecule is Cc1ncc(C(=O)N[C@@H](CC(C)C)C(=O)O)c(C)n1. The molecular weight excluding hydrogens is 246 g/mol. The minimum absolute atomic E-state index is 0.178. The summed E-state index contributed by atoms with van der Waals surface area (Å²) in [5, 5.41) is 11.6. The van der Waals surface area contributed by atoms with Gasteiger partial charge in [0.25, 0.3) is 5.91 Å². The van der Waals surface area contributed by atoms with E-state index in [1.165, 1.54) is 6.20 Å². The smallest absolute Gasteiger partial charge is 0.326 e. The third-order valence-corrected chi connectivity index (χ3v) is 2.65. The van der Waals surface area contributed by atoms with Crippen LogP contribution in [0.15, 0.2) is 6.20 Å². The molecule has 0 aliphatic heterocycles. The summed E-state index contributed by atoms with van der Waals surface area (Å²) < 4.78 is 0. The Morgan fingerprint density at radius 3 is 2.47 bits per heavy atom. The van der Waals surface area contributed by atoms with Gasteiger partial charge in [0.2, 0.25) is 0 Å². The molecule has 0 unspecified atom stereocenters. The molecule has 1 amide bonds. The zero-order valence-corrected chi connectivity index (χ0v) is 11.6. The third-order valence-electron chi connectivity index (χ3n) is 2.65. The van der Waals surface area contributed by atoms with Gasteiger partial charge in [-0.25, -0.2) is 14.8 Å². The van der Waals surface area contributed by atoms with Crippen molar-refractivity contribution in [1.82, 2.24) is 15.3 Å². The van der Waals surface area contributed by atoms with Crippen LogP contribution in [0.4, 0.5) is 0 Å². The molecule has 0 saturated carbocycles. The third kappa shape index (κ3) is 4.31. The number of aromatic nitrogens is 2. The Bertz CT molecular complexity index is 486. The average Bonchev–Trinajstić information content (AvgIpc) is 2.26. The lowest BCUT2D eigenvalue weighted by Gasteiger charge is -2.16. The van der Waals surface area contributed by atoms with E-state index in [9.17, 15) is 9.59 Å². The summed E-state index contributed by atoms with van der Waals surface area (Å²) in [6.45, 7) is 7.24. The largest absolute Gasteiger partial charge is 0.480 e. The monoisotopic (exact) mass is 265 g/mol. The predicted molar refractivity (Wildman–Crippen MR) is 69.9 cm³/mol. The number of carboxylic acids is 1. The molecule has 0 aromatic carbocycles. The van der Waals surface area contributed by atoms with E-state index in [1.54, 1.807) is 13.8 Å². The number of carboxylic acid groups (broad SMARTS) is 1. The number of carbonyl (C=O) groups excluding carboxylic acids is 1. The molecule has 0 radical (unpaired) electrons. The van der Waals surface area contributed by atoms with Crippen molar-refractivity contribution in [2.45, 2.75) is 40.2 Å². The fourth-order valence-electron chi connectivity index (χ4n) is 1.73. The summed E-state index contributed by atoms with van der Waals surface area (Å²) in [6.07, 6.45) is 1.80. The first-order valence-electron chi connectivity index (χ1n) is 6.15. The summed E-state index contributed by atoms with van der Waals surface area (Å²) in [4.78, 5) is 31.2. The highest BCUT2D eigenvalue weighted by Gasteiger charge is 2.22. The van der Waals surface area contributed by atoms with E-state index in [2.05, 4.69) is 15.3 Å². The van der Waals surface area contributed by atoms with Crippen molar-refractivity contribution in [2.24, 2.45) is 5.92 Å². The van der Waals surface area contributed by atoms with Gasteiger partial charge in [-0.2, -0.15) is 0 Å². The Hall–Kier alpha value is -1.98. The topological polar surface area (TPSA) is 92.2 Å². The first-order valence-corrected chi connectivity index (χ1v) is 6.15. The number of hydrogen-bond donors (Lipinski definition) is 2. The number of amides is 1. The highest BCUT2D eigenvalue weighted by molar-refractivity contribution is 5.97. The van der Waals surface area contributed by atoms with Crippen molar-refractivity contribution in [1.29, 1.82) is 0 Å². The van der Waals surface area contributed by atoms with Crippen LogP contribution in [-0.2, 0) is 4.79 Å². The van der Waals surface area contributed by atoms with Crippen LogP contribution in [0, 0.1) is 19.8 Å². The first-order chi connectivity index (χ1) is 8.81. The van der Waals surface area contributed by atoms with Crippen molar-refractivity contribution >= 4 is 11.9 Å². The number of rotatable bonds is 5. The van der Waals surface area contributed by atoms with E-state index >= 15 is 0 Å². The molecule has 0 spiro atoms. The molecule has 0 fully saturated rings. The summed E-state index contributed by atoms with van der Waals surface area (Å²) >= 11 is 0. The van der Waals surface area contributed by atoms with Gasteiger partial charge >= 0.3 is 5.97 Å². The Morgan fingerprint density at radius 2 is 2.00 bits per heavy atom. The lowest BCUT2D eigenvalue weighted by Crippen LogP contribution is -2.42. The molecule has 1 aromatic heterocycles. The number of nitrogens with one attached hydrogen (secondary N) is 1. The minimum Gasteiger partial charge on any atom is -0.480 e. The fraction of sp³-hybridized carbons (Fsp3) is 0.538. The second kappa shape index (κ2) is 6.26. The quantitative estimate of drug-likeness (QED) is 0.837. The molecule has 2 N–H and O–H groups in total. The van der Waals surface area contributed by atoms with Gasteiger partial charge in [0.05, 0.1) is 11.3 Å². The molecule has 1 atom stereocenters. The van der Waals surface area contributed by atoms with E-state index in [0.717, 1.165) is 0 Å². The second-order valence-electron chi connectivity index (χ2n) is 4.91. The van der Waals surface area contributed by atoms with E-state index in [0.29, 0.717) is 23.5 Å². The zero-order chi connectivity index (χ0) is 14.6. The summed E-state index contributed by atoms with van der Waals surface area (Å²) in [6, 6.07) is -0.895. The van der Waals surface area contributed by atoms with Crippen LogP contribution in [-0.4, -0.2) is 33.0 Å². The van der Waals surface area contributed by atoms with E-state index in [1.807, 2.05) is 13.8 Å². The lowest BCUT2D eigenvalue weighted by molar-refractivity contribution is -0.139. The van der Waals surface area contributed by atoms with Gasteiger partial charge in [0, 0.05) is 6.20 Å². The van der Waals surface area contributed by atoms with Gasteiger partial charge in [0.15, 0.2) is 0 Å². The molecule has 6 heteroatoms. The van der Waals surface area contributed by atoms with Crippen LogP contribution >= 0.6 is 0 Å². The summed E-state index contributed by atoms with van der Waals surface area (Å²) in [7, 11) is 0. The summed E-state index contributed by atoms with van der Waals surface area (Å²) in [5.74, 6) is -0.735. The van der Waals surface area contributed by atoms with Gasteiger partial charge in [-0.3, -0.25) is 4.79 Å². The predicted octanol–water partition coefficient (Wildman–Crippen LogP) is 1.32. The van der Waals surface area contributed by atoms with E-state index in [4.69, 9.17) is 5.11 Å². The minimum atomic E-state index is -1.03. The molecule has 1 heterocycles. The molecule has 0 saturated heterocycles. The van der Waals surface area contributed by atoms with Crippen molar-refractivity contribution in [2.75, 3.05) is 0 Å². The maximum atomic E-state index is 12.0. The first kappa shape index (κ1) is 15.1. The van der Waals surface area contributed by atoms with Gasteiger partial charge in [-0.15, -0.1) is 0 Å². The number of aliphatic carboxylic acids is 1. The normalized spacial score (nSPS) is 12.3. The fourth-order valence-corrected chi connectivity index (χ4v) is 1.73. The number of carbonyl (C=O) groups is 2. The molecule has 0 aliphatic carbocycles. The van der Waals surface area contributed by atoms with Gasteiger partial charge in [-0.05, 0) is 26.2 Å². The Balaban J connectivity index is 2.84. The van der Waals surface area contributed by atoms with Crippen molar-refractivity contribution in [3.63, 3.8) is 0 Å². The number of hydrogen-bond acceptors (Lipinski definition) is 4. The Morgan fingerprint density at radius 1 is 1.37 bits per heavy atom. The van der Waals surface area contributed by atoms with Crippen molar-refractivity contribution < 1.29 is 14.7 Å². The Kier molecular flexibility index (Phi) is 4.97. The van der Waals surface area contributed by atoms with Crippen LogP contribution in [0.3, 0.4) is 0 Å². The van der Waals surface area contributed by atoms with E-state index < -0.39 is 17.9 Å². The molecule has 19 heavy (non-hydrogen) atoms. The van der Waals surface area contributed by atoms with Crippen molar-refractivity contribution in [3.05, 3.63) is 23.3 Å². The molecule has 1 rings (SSSR count). The van der Waals surface area contributed by atoms with Crippen LogP contribution in [0.25, 0.3) is 0 Å².